The van der Waals surface area contributed by atoms with Crippen LogP contribution in [0.2, 0.25) is 0 Å². The molecule has 0 aromatic heterocycles. The summed E-state index contributed by atoms with van der Waals surface area (Å²) in [6, 6.07) is 0. The molecule has 5 nitrogen and oxygen atoms in total. The van der Waals surface area contributed by atoms with Crippen LogP contribution in [0.5, 0.6) is 0 Å². The molecule has 1 atom stereocenters. The van der Waals surface area contributed by atoms with Crippen molar-refractivity contribution in [1.82, 2.24) is 0 Å². The highest BCUT2D eigenvalue weighted by atomic mass is 16.7. The summed E-state index contributed by atoms with van der Waals surface area (Å²) in [5, 5.41) is 0. The summed E-state index contributed by atoms with van der Waals surface area (Å²) in [5.74, 6) is -0.673. The van der Waals surface area contributed by atoms with Gasteiger partial charge in [0.2, 0.25) is 6.29 Å². The Labute approximate surface area is 70.8 Å². The fraction of sp³-hybridized carbons (Fsp3) is 0.714. The first-order chi connectivity index (χ1) is 5.43. The number of rotatable bonds is 3. The molecule has 0 rings (SSSR count). The van der Waals surface area contributed by atoms with Crippen LogP contribution in [0.4, 0.5) is 4.79 Å². The van der Waals surface area contributed by atoms with E-state index in [9.17, 15) is 9.59 Å². The molecule has 70 valence electrons. The third kappa shape index (κ3) is 4.54. The summed E-state index contributed by atoms with van der Waals surface area (Å²) < 4.78 is 9.03. The van der Waals surface area contributed by atoms with Crippen LogP contribution >= 0.6 is 0 Å². The number of amides is 1. The predicted octanol–water partition coefficient (Wildman–Crippen LogP) is 0.627. The third-order valence-electron chi connectivity index (χ3n) is 1.04. The number of hydrogen-bond donors (Lipinski definition) is 1. The molecular formula is C7H13NO4. The van der Waals surface area contributed by atoms with Crippen molar-refractivity contribution < 1.29 is 19.1 Å². The van der Waals surface area contributed by atoms with Crippen molar-refractivity contribution in [3.8, 4) is 0 Å². The molecule has 0 radical (unpaired) electrons. The highest BCUT2D eigenvalue weighted by molar-refractivity contribution is 5.72. The van der Waals surface area contributed by atoms with E-state index in [1.165, 1.54) is 6.92 Å². The summed E-state index contributed by atoms with van der Waals surface area (Å²) in [6.07, 6.45) is -1.88. The van der Waals surface area contributed by atoms with Crippen LogP contribution in [0.1, 0.15) is 20.8 Å². The zero-order chi connectivity index (χ0) is 9.72. The molecule has 0 spiro atoms. The molecule has 0 bridgehead atoms. The van der Waals surface area contributed by atoms with E-state index in [1.54, 1.807) is 13.8 Å². The molecule has 0 saturated carbocycles. The molecule has 0 aliphatic heterocycles. The minimum absolute atomic E-state index is 0.246. The van der Waals surface area contributed by atoms with E-state index >= 15 is 0 Å². The molecule has 1 amide bonds. The van der Waals surface area contributed by atoms with Crippen LogP contribution in [-0.2, 0) is 14.3 Å². The molecule has 0 aliphatic carbocycles. The molecule has 0 aromatic carbocycles. The van der Waals surface area contributed by atoms with Crippen LogP contribution in [0, 0.1) is 5.92 Å². The Kier molecular flexibility index (Phi) is 4.10. The minimum atomic E-state index is -0.959. The molecule has 0 aromatic rings. The molecule has 0 saturated heterocycles. The van der Waals surface area contributed by atoms with Gasteiger partial charge in [0, 0.05) is 6.92 Å². The molecule has 0 aliphatic rings. The lowest BCUT2D eigenvalue weighted by Crippen LogP contribution is -2.26. The number of carbonyl (C=O) groups is 2. The zero-order valence-corrected chi connectivity index (χ0v) is 7.37. The van der Waals surface area contributed by atoms with Gasteiger partial charge in [0.05, 0.1) is 5.92 Å². The number of esters is 1. The number of nitrogens with two attached hydrogens (primary N) is 1. The fourth-order valence-electron chi connectivity index (χ4n) is 0.487. The molecule has 1 unspecified atom stereocenters. The standard InChI is InChI=1S/C7H13NO4/c1-4(2)6(9)11-5(3)12-7(8)10/h4-5H,1-3H3,(H2,8,10). The molecule has 5 heteroatoms. The van der Waals surface area contributed by atoms with Gasteiger partial charge in [0.25, 0.3) is 0 Å². The minimum Gasteiger partial charge on any atom is -0.425 e. The lowest BCUT2D eigenvalue weighted by molar-refractivity contribution is -0.168. The van der Waals surface area contributed by atoms with E-state index in [0.717, 1.165) is 0 Å². The number of hydrogen-bond acceptors (Lipinski definition) is 4. The maximum atomic E-state index is 10.9. The lowest BCUT2D eigenvalue weighted by Gasteiger charge is -2.13. The van der Waals surface area contributed by atoms with Gasteiger partial charge in [-0.25, -0.2) is 4.79 Å². The number of primary amides is 1. The van der Waals surface area contributed by atoms with E-state index in [4.69, 9.17) is 5.73 Å². The van der Waals surface area contributed by atoms with Crippen molar-refractivity contribution in [3.63, 3.8) is 0 Å². The van der Waals surface area contributed by atoms with Crippen molar-refractivity contribution in [2.45, 2.75) is 27.1 Å². The first-order valence-corrected chi connectivity index (χ1v) is 3.60. The van der Waals surface area contributed by atoms with Crippen molar-refractivity contribution in [2.24, 2.45) is 11.7 Å². The Morgan fingerprint density at radius 3 is 2.00 bits per heavy atom. The van der Waals surface area contributed by atoms with Gasteiger partial charge < -0.3 is 15.2 Å². The Morgan fingerprint density at radius 1 is 1.17 bits per heavy atom. The van der Waals surface area contributed by atoms with Gasteiger partial charge in [-0.15, -0.1) is 0 Å². The van der Waals surface area contributed by atoms with Crippen molar-refractivity contribution in [3.05, 3.63) is 0 Å². The van der Waals surface area contributed by atoms with Crippen molar-refractivity contribution >= 4 is 12.1 Å². The maximum absolute atomic E-state index is 10.9. The Balaban J connectivity index is 3.76. The predicted molar refractivity (Wildman–Crippen MR) is 41.1 cm³/mol. The van der Waals surface area contributed by atoms with Gasteiger partial charge in [-0.3, -0.25) is 4.79 Å². The van der Waals surface area contributed by atoms with Gasteiger partial charge in [-0.05, 0) is 0 Å². The maximum Gasteiger partial charge on any atom is 0.407 e. The smallest absolute Gasteiger partial charge is 0.407 e. The normalized spacial score (nSPS) is 12.3. The van der Waals surface area contributed by atoms with Crippen LogP contribution in [0.25, 0.3) is 0 Å². The van der Waals surface area contributed by atoms with Gasteiger partial charge in [0.1, 0.15) is 0 Å². The van der Waals surface area contributed by atoms with Crippen molar-refractivity contribution in [2.75, 3.05) is 0 Å². The zero-order valence-electron chi connectivity index (χ0n) is 7.37. The second-order valence-electron chi connectivity index (χ2n) is 2.60. The monoisotopic (exact) mass is 175 g/mol. The lowest BCUT2D eigenvalue weighted by atomic mass is 10.2. The van der Waals surface area contributed by atoms with E-state index < -0.39 is 18.4 Å². The average molecular weight is 175 g/mol. The second-order valence-corrected chi connectivity index (χ2v) is 2.60. The summed E-state index contributed by atoms with van der Waals surface area (Å²) in [5.41, 5.74) is 4.69. The van der Waals surface area contributed by atoms with Crippen LogP contribution in [0.3, 0.4) is 0 Å². The Bertz CT molecular complexity index is 178. The molecule has 0 fully saturated rings. The van der Waals surface area contributed by atoms with Gasteiger partial charge in [0.15, 0.2) is 0 Å². The summed E-state index contributed by atoms with van der Waals surface area (Å²) in [4.78, 5) is 21.1. The fourth-order valence-corrected chi connectivity index (χ4v) is 0.487. The van der Waals surface area contributed by atoms with E-state index in [1.807, 2.05) is 0 Å². The van der Waals surface area contributed by atoms with Crippen LogP contribution in [0.15, 0.2) is 0 Å². The van der Waals surface area contributed by atoms with Crippen LogP contribution < -0.4 is 5.73 Å². The highest BCUT2D eigenvalue weighted by Gasteiger charge is 2.14. The topological polar surface area (TPSA) is 78.6 Å². The van der Waals surface area contributed by atoms with E-state index in [0.29, 0.717) is 0 Å². The van der Waals surface area contributed by atoms with Gasteiger partial charge >= 0.3 is 12.1 Å². The molecule has 0 heterocycles. The quantitative estimate of drug-likeness (QED) is 0.504. The van der Waals surface area contributed by atoms with E-state index in [-0.39, 0.29) is 5.92 Å². The number of ether oxygens (including phenoxy) is 2. The first kappa shape index (κ1) is 10.7. The molecule has 2 N–H and O–H groups in total. The Morgan fingerprint density at radius 2 is 1.67 bits per heavy atom. The average Bonchev–Trinajstić information content (AvgIpc) is 1.84. The summed E-state index contributed by atoms with van der Waals surface area (Å²) in [6.45, 7) is 4.78. The third-order valence-corrected chi connectivity index (χ3v) is 1.04. The first-order valence-electron chi connectivity index (χ1n) is 3.60. The van der Waals surface area contributed by atoms with E-state index in [2.05, 4.69) is 9.47 Å². The summed E-state index contributed by atoms with van der Waals surface area (Å²) in [7, 11) is 0. The molecular weight excluding hydrogens is 162 g/mol. The van der Waals surface area contributed by atoms with Crippen LogP contribution in [-0.4, -0.2) is 18.4 Å². The molecule has 12 heavy (non-hydrogen) atoms. The van der Waals surface area contributed by atoms with Gasteiger partial charge in [-0.1, -0.05) is 13.8 Å². The second kappa shape index (κ2) is 4.58. The SMILES string of the molecule is CC(OC(N)=O)OC(=O)C(C)C. The number of carbonyl (C=O) groups excluding carboxylic acids is 2. The Hall–Kier alpha value is -1.26. The summed E-state index contributed by atoms with van der Waals surface area (Å²) >= 11 is 0. The largest absolute Gasteiger partial charge is 0.425 e. The highest BCUT2D eigenvalue weighted by Crippen LogP contribution is 2.01. The van der Waals surface area contributed by atoms with Gasteiger partial charge in [-0.2, -0.15) is 0 Å². The van der Waals surface area contributed by atoms with Crippen molar-refractivity contribution in [1.29, 1.82) is 0 Å².